The lowest BCUT2D eigenvalue weighted by Gasteiger charge is -2.07. The molecule has 0 fully saturated rings. The number of hydrogen-bond acceptors (Lipinski definition) is 4. The van der Waals surface area contributed by atoms with E-state index in [0.29, 0.717) is 11.3 Å². The first-order valence-corrected chi connectivity index (χ1v) is 7.87. The van der Waals surface area contributed by atoms with Gasteiger partial charge >= 0.3 is 0 Å². The Morgan fingerprint density at radius 3 is 2.42 bits per heavy atom. The zero-order chi connectivity index (χ0) is 18.4. The molecule has 0 heterocycles. The van der Waals surface area contributed by atoms with Crippen molar-refractivity contribution >= 4 is 28.1 Å². The van der Waals surface area contributed by atoms with E-state index in [-0.39, 0.29) is 5.57 Å². The van der Waals surface area contributed by atoms with Gasteiger partial charge < -0.3 is 10.6 Å². The quantitative estimate of drug-likeness (QED) is 0.552. The van der Waals surface area contributed by atoms with E-state index < -0.39 is 5.91 Å². The Labute approximate surface area is 150 Å². The van der Waals surface area contributed by atoms with Crippen molar-refractivity contribution in [3.05, 3.63) is 84.1 Å². The van der Waals surface area contributed by atoms with Gasteiger partial charge in [-0.3, -0.25) is 4.79 Å². The molecule has 0 saturated carbocycles. The maximum atomic E-state index is 12.3. The fourth-order valence-electron chi connectivity index (χ4n) is 2.46. The van der Waals surface area contributed by atoms with Gasteiger partial charge in [-0.1, -0.05) is 42.5 Å². The summed E-state index contributed by atoms with van der Waals surface area (Å²) in [6, 6.07) is 24.2. The van der Waals surface area contributed by atoms with Crippen LogP contribution in [-0.2, 0) is 4.79 Å². The van der Waals surface area contributed by atoms with Crippen molar-refractivity contribution in [2.45, 2.75) is 0 Å². The number of anilines is 2. The molecule has 0 aliphatic heterocycles. The molecule has 0 spiro atoms. The van der Waals surface area contributed by atoms with E-state index in [1.165, 1.54) is 6.20 Å². The van der Waals surface area contributed by atoms with Crippen molar-refractivity contribution in [3.63, 3.8) is 0 Å². The first-order chi connectivity index (χ1) is 12.7. The molecule has 0 unspecified atom stereocenters. The van der Waals surface area contributed by atoms with Crippen molar-refractivity contribution in [2.24, 2.45) is 0 Å². The van der Waals surface area contributed by atoms with Gasteiger partial charge in [0.1, 0.15) is 17.7 Å². The summed E-state index contributed by atoms with van der Waals surface area (Å²) < 4.78 is 0. The third-order valence-electron chi connectivity index (χ3n) is 3.79. The number of amides is 1. The average Bonchev–Trinajstić information content (AvgIpc) is 2.68. The number of para-hydroxylation sites is 1. The van der Waals surface area contributed by atoms with Crippen LogP contribution in [0.4, 0.5) is 11.4 Å². The maximum absolute atomic E-state index is 12.3. The highest BCUT2D eigenvalue weighted by atomic mass is 16.1. The SMILES string of the molecule is N#C/C(=C/Nc1ccc2ccccc2c1)C(=O)Nc1ccccc1C#N. The third kappa shape index (κ3) is 3.69. The summed E-state index contributed by atoms with van der Waals surface area (Å²) in [6.45, 7) is 0. The Morgan fingerprint density at radius 1 is 0.923 bits per heavy atom. The van der Waals surface area contributed by atoms with Crippen LogP contribution in [0, 0.1) is 22.7 Å². The molecule has 0 bridgehead atoms. The third-order valence-corrected chi connectivity index (χ3v) is 3.79. The highest BCUT2D eigenvalue weighted by Gasteiger charge is 2.11. The lowest BCUT2D eigenvalue weighted by Crippen LogP contribution is -2.15. The number of benzene rings is 3. The van der Waals surface area contributed by atoms with E-state index >= 15 is 0 Å². The minimum atomic E-state index is -0.580. The van der Waals surface area contributed by atoms with Crippen LogP contribution in [0.15, 0.2) is 78.5 Å². The number of carbonyl (C=O) groups excluding carboxylic acids is 1. The van der Waals surface area contributed by atoms with Gasteiger partial charge in [0, 0.05) is 11.9 Å². The molecule has 2 N–H and O–H groups in total. The zero-order valence-electron chi connectivity index (χ0n) is 13.7. The van der Waals surface area contributed by atoms with Crippen molar-refractivity contribution in [2.75, 3.05) is 10.6 Å². The monoisotopic (exact) mass is 338 g/mol. The lowest BCUT2D eigenvalue weighted by atomic mass is 10.1. The Balaban J connectivity index is 1.78. The predicted molar refractivity (Wildman–Crippen MR) is 101 cm³/mol. The normalized spacial score (nSPS) is 10.6. The summed E-state index contributed by atoms with van der Waals surface area (Å²) in [5, 5.41) is 26.1. The molecule has 0 saturated heterocycles. The molecule has 0 aromatic heterocycles. The van der Waals surface area contributed by atoms with Gasteiger partial charge in [-0.15, -0.1) is 0 Å². The van der Waals surface area contributed by atoms with E-state index in [0.717, 1.165) is 16.5 Å². The van der Waals surface area contributed by atoms with Crippen LogP contribution in [0.1, 0.15) is 5.56 Å². The topological polar surface area (TPSA) is 88.7 Å². The molecule has 124 valence electrons. The van der Waals surface area contributed by atoms with Crippen LogP contribution in [-0.4, -0.2) is 5.91 Å². The van der Waals surface area contributed by atoms with Gasteiger partial charge in [0.15, 0.2) is 0 Å². The second-order valence-corrected chi connectivity index (χ2v) is 5.49. The summed E-state index contributed by atoms with van der Waals surface area (Å²) in [6.07, 6.45) is 1.36. The molecule has 1 amide bonds. The van der Waals surface area contributed by atoms with E-state index in [9.17, 15) is 10.1 Å². The van der Waals surface area contributed by atoms with E-state index in [4.69, 9.17) is 5.26 Å². The first-order valence-electron chi connectivity index (χ1n) is 7.87. The smallest absolute Gasteiger partial charge is 0.267 e. The first kappa shape index (κ1) is 16.8. The van der Waals surface area contributed by atoms with E-state index in [1.807, 2.05) is 54.6 Å². The second-order valence-electron chi connectivity index (χ2n) is 5.49. The zero-order valence-corrected chi connectivity index (χ0v) is 13.7. The van der Waals surface area contributed by atoms with Crippen LogP contribution in [0.25, 0.3) is 10.8 Å². The summed E-state index contributed by atoms with van der Waals surface area (Å²) in [5.74, 6) is -0.580. The molecule has 0 aliphatic carbocycles. The van der Waals surface area contributed by atoms with Crippen molar-refractivity contribution in [1.82, 2.24) is 0 Å². The molecule has 5 heteroatoms. The molecule has 3 aromatic carbocycles. The number of nitrogens with zero attached hydrogens (tertiary/aromatic N) is 2. The van der Waals surface area contributed by atoms with Gasteiger partial charge in [-0.05, 0) is 35.0 Å². The molecule has 5 nitrogen and oxygen atoms in total. The Hall–Kier alpha value is -4.09. The van der Waals surface area contributed by atoms with Crippen LogP contribution < -0.4 is 10.6 Å². The standard InChI is InChI=1S/C21H14N4O/c22-12-17-7-3-4-8-20(17)25-21(26)18(13-23)14-24-19-10-9-15-5-1-2-6-16(15)11-19/h1-11,14,24H,(H,25,26)/b18-14-. The number of nitriles is 2. The summed E-state index contributed by atoms with van der Waals surface area (Å²) in [4.78, 5) is 12.3. The van der Waals surface area contributed by atoms with Crippen LogP contribution in [0.2, 0.25) is 0 Å². The van der Waals surface area contributed by atoms with Crippen molar-refractivity contribution in [3.8, 4) is 12.1 Å². The molecule has 0 atom stereocenters. The summed E-state index contributed by atoms with van der Waals surface area (Å²) in [5.41, 5.74) is 1.38. The average molecular weight is 338 g/mol. The van der Waals surface area contributed by atoms with Crippen molar-refractivity contribution in [1.29, 1.82) is 10.5 Å². The van der Waals surface area contributed by atoms with Gasteiger partial charge in [0.05, 0.1) is 11.3 Å². The molecule has 3 aromatic rings. The number of hydrogen-bond donors (Lipinski definition) is 2. The van der Waals surface area contributed by atoms with Crippen LogP contribution in [0.5, 0.6) is 0 Å². The molecule has 0 radical (unpaired) electrons. The minimum Gasteiger partial charge on any atom is -0.360 e. The number of carbonyl (C=O) groups is 1. The number of fused-ring (bicyclic) bond motifs is 1. The molecular weight excluding hydrogens is 324 g/mol. The van der Waals surface area contributed by atoms with E-state index in [2.05, 4.69) is 10.6 Å². The highest BCUT2D eigenvalue weighted by Crippen LogP contribution is 2.19. The highest BCUT2D eigenvalue weighted by molar-refractivity contribution is 6.07. The number of nitrogens with one attached hydrogen (secondary N) is 2. The predicted octanol–water partition coefficient (Wildman–Crippen LogP) is 4.17. The Bertz CT molecular complexity index is 1090. The summed E-state index contributed by atoms with van der Waals surface area (Å²) in [7, 11) is 0. The fraction of sp³-hybridized carbons (Fsp3) is 0. The fourth-order valence-corrected chi connectivity index (χ4v) is 2.46. The lowest BCUT2D eigenvalue weighted by molar-refractivity contribution is -0.112. The minimum absolute atomic E-state index is 0.0918. The van der Waals surface area contributed by atoms with Crippen LogP contribution >= 0.6 is 0 Å². The van der Waals surface area contributed by atoms with Gasteiger partial charge in [-0.2, -0.15) is 10.5 Å². The van der Waals surface area contributed by atoms with Gasteiger partial charge in [0.25, 0.3) is 5.91 Å². The van der Waals surface area contributed by atoms with Gasteiger partial charge in [-0.25, -0.2) is 0 Å². The Kier molecular flexibility index (Phi) is 4.93. The molecular formula is C21H14N4O. The van der Waals surface area contributed by atoms with Crippen molar-refractivity contribution < 1.29 is 4.79 Å². The molecule has 0 aliphatic rings. The second kappa shape index (κ2) is 7.65. The molecule has 3 rings (SSSR count). The van der Waals surface area contributed by atoms with Crippen LogP contribution in [0.3, 0.4) is 0 Å². The maximum Gasteiger partial charge on any atom is 0.267 e. The van der Waals surface area contributed by atoms with Gasteiger partial charge in [0.2, 0.25) is 0 Å². The number of rotatable bonds is 4. The summed E-state index contributed by atoms with van der Waals surface area (Å²) >= 11 is 0. The largest absolute Gasteiger partial charge is 0.360 e. The Morgan fingerprint density at radius 2 is 1.65 bits per heavy atom. The van der Waals surface area contributed by atoms with E-state index in [1.54, 1.807) is 24.3 Å². The molecule has 26 heavy (non-hydrogen) atoms.